The molecular weight excluding hydrogens is 262 g/mol. The second-order valence-corrected chi connectivity index (χ2v) is 6.43. The Morgan fingerprint density at radius 2 is 2.05 bits per heavy atom. The van der Waals surface area contributed by atoms with E-state index in [1.165, 1.54) is 12.8 Å². The molecular formula is C14H22ClN3O. The average molecular weight is 284 g/mol. The number of halogens is 1. The van der Waals surface area contributed by atoms with E-state index in [2.05, 4.69) is 30.7 Å². The summed E-state index contributed by atoms with van der Waals surface area (Å²) >= 11 is 6.15. The third-order valence-corrected chi connectivity index (χ3v) is 3.36. The van der Waals surface area contributed by atoms with Crippen LogP contribution in [0.4, 0.5) is 5.82 Å². The van der Waals surface area contributed by atoms with E-state index in [9.17, 15) is 0 Å². The molecule has 0 unspecified atom stereocenters. The summed E-state index contributed by atoms with van der Waals surface area (Å²) in [7, 11) is 1.72. The van der Waals surface area contributed by atoms with Gasteiger partial charge in [0.15, 0.2) is 0 Å². The zero-order chi connectivity index (χ0) is 14.0. The Labute approximate surface area is 120 Å². The molecule has 1 saturated carbocycles. The predicted molar refractivity (Wildman–Crippen MR) is 78.0 cm³/mol. The number of anilines is 1. The topological polar surface area (TPSA) is 38.2 Å². The zero-order valence-electron chi connectivity index (χ0n) is 12.1. The van der Waals surface area contributed by atoms with Crippen LogP contribution in [0, 0.1) is 0 Å². The number of rotatable bonds is 5. The molecule has 0 aliphatic heterocycles. The summed E-state index contributed by atoms with van der Waals surface area (Å²) in [6.45, 7) is 7.83. The Balaban J connectivity index is 2.28. The molecule has 1 heterocycles. The van der Waals surface area contributed by atoms with Crippen molar-refractivity contribution in [1.29, 1.82) is 0 Å². The number of ether oxygens (including phenoxy) is 1. The van der Waals surface area contributed by atoms with Crippen molar-refractivity contribution in [3.63, 3.8) is 0 Å². The minimum atomic E-state index is -0.101. The fourth-order valence-corrected chi connectivity index (χ4v) is 2.13. The number of methoxy groups -OCH3 is 1. The lowest BCUT2D eigenvalue weighted by Crippen LogP contribution is -2.31. The van der Waals surface area contributed by atoms with Crippen molar-refractivity contribution in [2.24, 2.45) is 0 Å². The Bertz CT molecular complexity index is 441. The van der Waals surface area contributed by atoms with Gasteiger partial charge in [-0.1, -0.05) is 32.4 Å². The zero-order valence-corrected chi connectivity index (χ0v) is 12.9. The lowest BCUT2D eigenvalue weighted by molar-refractivity contribution is 0.204. The largest absolute Gasteiger partial charge is 0.383 e. The van der Waals surface area contributed by atoms with Crippen LogP contribution >= 0.6 is 11.6 Å². The van der Waals surface area contributed by atoms with Crippen molar-refractivity contribution in [2.75, 3.05) is 25.2 Å². The lowest BCUT2D eigenvalue weighted by Gasteiger charge is -2.25. The van der Waals surface area contributed by atoms with Crippen LogP contribution in [-0.2, 0) is 10.2 Å². The van der Waals surface area contributed by atoms with Crippen LogP contribution in [0.5, 0.6) is 0 Å². The van der Waals surface area contributed by atoms with Crippen LogP contribution in [0.3, 0.4) is 0 Å². The van der Waals surface area contributed by atoms with Crippen molar-refractivity contribution in [1.82, 2.24) is 9.97 Å². The summed E-state index contributed by atoms with van der Waals surface area (Å²) in [5.74, 6) is 1.71. The highest BCUT2D eigenvalue weighted by Gasteiger charge is 2.31. The van der Waals surface area contributed by atoms with Gasteiger partial charge in [0.2, 0.25) is 0 Å². The molecule has 0 N–H and O–H groups in total. The molecule has 0 spiro atoms. The molecule has 19 heavy (non-hydrogen) atoms. The molecule has 2 rings (SSSR count). The summed E-state index contributed by atoms with van der Waals surface area (Å²) in [6, 6.07) is 2.43. The van der Waals surface area contributed by atoms with E-state index in [1.807, 2.05) is 6.07 Å². The first kappa shape index (κ1) is 14.5. The smallest absolute Gasteiger partial charge is 0.137 e. The molecule has 1 fully saturated rings. The molecule has 4 nitrogen and oxygen atoms in total. The number of hydrogen-bond acceptors (Lipinski definition) is 4. The molecule has 1 aromatic rings. The molecule has 1 aliphatic rings. The highest BCUT2D eigenvalue weighted by molar-refractivity contribution is 6.29. The maximum Gasteiger partial charge on any atom is 0.137 e. The van der Waals surface area contributed by atoms with Gasteiger partial charge >= 0.3 is 0 Å². The molecule has 0 radical (unpaired) electrons. The predicted octanol–water partition coefficient (Wildman–Crippen LogP) is 3.04. The van der Waals surface area contributed by atoms with E-state index in [0.717, 1.165) is 18.2 Å². The highest BCUT2D eigenvalue weighted by atomic mass is 35.5. The first-order valence-corrected chi connectivity index (χ1v) is 7.10. The molecule has 0 aromatic carbocycles. The molecule has 1 aromatic heterocycles. The first-order valence-electron chi connectivity index (χ1n) is 6.72. The summed E-state index contributed by atoms with van der Waals surface area (Å²) in [6.07, 6.45) is 2.44. The highest BCUT2D eigenvalue weighted by Crippen LogP contribution is 2.32. The lowest BCUT2D eigenvalue weighted by atomic mass is 9.96. The Morgan fingerprint density at radius 3 is 2.58 bits per heavy atom. The monoisotopic (exact) mass is 283 g/mol. The minimum Gasteiger partial charge on any atom is -0.383 e. The second kappa shape index (κ2) is 5.63. The third kappa shape index (κ3) is 3.80. The number of aromatic nitrogens is 2. The van der Waals surface area contributed by atoms with Gasteiger partial charge in [0, 0.05) is 31.2 Å². The van der Waals surface area contributed by atoms with Gasteiger partial charge in [-0.25, -0.2) is 9.97 Å². The Hall–Kier alpha value is -0.870. The van der Waals surface area contributed by atoms with Gasteiger partial charge in [-0.2, -0.15) is 0 Å². The van der Waals surface area contributed by atoms with E-state index >= 15 is 0 Å². The summed E-state index contributed by atoms with van der Waals surface area (Å²) < 4.78 is 5.18. The Kier molecular flexibility index (Phi) is 4.31. The molecule has 0 bridgehead atoms. The van der Waals surface area contributed by atoms with E-state index in [1.54, 1.807) is 7.11 Å². The van der Waals surface area contributed by atoms with Crippen molar-refractivity contribution < 1.29 is 4.74 Å². The first-order chi connectivity index (χ1) is 8.91. The molecule has 106 valence electrons. The van der Waals surface area contributed by atoms with Crippen molar-refractivity contribution >= 4 is 17.4 Å². The van der Waals surface area contributed by atoms with Gasteiger partial charge in [0.05, 0.1) is 6.61 Å². The van der Waals surface area contributed by atoms with Crippen LogP contribution in [0.2, 0.25) is 5.15 Å². The fraction of sp³-hybridized carbons (Fsp3) is 0.714. The van der Waals surface area contributed by atoms with Gasteiger partial charge in [-0.05, 0) is 12.8 Å². The van der Waals surface area contributed by atoms with Crippen LogP contribution in [0.1, 0.15) is 39.4 Å². The number of hydrogen-bond donors (Lipinski definition) is 0. The SMILES string of the molecule is COCCN(c1cc(Cl)nc(C(C)(C)C)n1)C1CC1. The molecule has 0 atom stereocenters. The van der Waals surface area contributed by atoms with Gasteiger partial charge in [-0.15, -0.1) is 0 Å². The van der Waals surface area contributed by atoms with E-state index in [4.69, 9.17) is 21.3 Å². The standard InChI is InChI=1S/C14H22ClN3O/c1-14(2,3)13-16-11(15)9-12(17-13)18(7-8-19-4)10-5-6-10/h9-10H,5-8H2,1-4H3. The van der Waals surface area contributed by atoms with Crippen molar-refractivity contribution in [2.45, 2.75) is 45.1 Å². The number of nitrogens with zero attached hydrogens (tertiary/aromatic N) is 3. The molecule has 1 aliphatic carbocycles. The van der Waals surface area contributed by atoms with Crippen molar-refractivity contribution in [3.05, 3.63) is 17.0 Å². The van der Waals surface area contributed by atoms with E-state index in [-0.39, 0.29) is 5.41 Å². The average Bonchev–Trinajstić information content (AvgIpc) is 3.12. The van der Waals surface area contributed by atoms with Crippen LogP contribution in [0.25, 0.3) is 0 Å². The van der Waals surface area contributed by atoms with Crippen molar-refractivity contribution in [3.8, 4) is 0 Å². The van der Waals surface area contributed by atoms with Gasteiger partial charge in [0.25, 0.3) is 0 Å². The molecule has 0 saturated heterocycles. The minimum absolute atomic E-state index is 0.101. The van der Waals surface area contributed by atoms with Crippen LogP contribution in [0.15, 0.2) is 6.07 Å². The maximum absolute atomic E-state index is 6.15. The normalized spacial score (nSPS) is 15.6. The second-order valence-electron chi connectivity index (χ2n) is 6.04. The van der Waals surface area contributed by atoms with Gasteiger partial charge < -0.3 is 9.64 Å². The van der Waals surface area contributed by atoms with E-state index in [0.29, 0.717) is 17.8 Å². The fourth-order valence-electron chi connectivity index (χ4n) is 1.95. The van der Waals surface area contributed by atoms with Gasteiger partial charge in [-0.3, -0.25) is 0 Å². The Morgan fingerprint density at radius 1 is 1.37 bits per heavy atom. The van der Waals surface area contributed by atoms with E-state index < -0.39 is 0 Å². The quantitative estimate of drug-likeness (QED) is 0.779. The third-order valence-electron chi connectivity index (χ3n) is 3.17. The summed E-state index contributed by atoms with van der Waals surface area (Å²) in [5.41, 5.74) is -0.101. The molecule has 5 heteroatoms. The van der Waals surface area contributed by atoms with Crippen LogP contribution < -0.4 is 4.90 Å². The summed E-state index contributed by atoms with van der Waals surface area (Å²) in [5, 5.41) is 0.512. The van der Waals surface area contributed by atoms with Crippen LogP contribution in [-0.4, -0.2) is 36.3 Å². The maximum atomic E-state index is 6.15. The summed E-state index contributed by atoms with van der Waals surface area (Å²) in [4.78, 5) is 11.3. The molecule has 0 amide bonds. The van der Waals surface area contributed by atoms with Gasteiger partial charge in [0.1, 0.15) is 16.8 Å².